The average Bonchev–Trinajstić information content (AvgIpc) is 3.05. The fraction of sp³-hybridized carbons (Fsp3) is 0.389. The lowest BCUT2D eigenvalue weighted by Gasteiger charge is -2.33. The van der Waals surface area contributed by atoms with Gasteiger partial charge in [0.2, 0.25) is 11.9 Å². The standard InChI is InChI=1S/C18H20FN6O2/c1-10-11(2)25-14-15(22(3)18(27)23(4)16(14)26)20-17(25)24(21-10)9-12-5-7-13(19)8-6-12/h5-8,11,14H,9H2,1-4H3/q+1. The maximum atomic E-state index is 13.2. The van der Waals surface area contributed by atoms with Gasteiger partial charge in [0.25, 0.3) is 5.91 Å². The molecule has 27 heavy (non-hydrogen) atoms. The molecule has 3 amide bonds. The van der Waals surface area contributed by atoms with Gasteiger partial charge in [-0.15, -0.1) is 10.1 Å². The molecule has 3 heterocycles. The Hall–Kier alpha value is -3.10. The second kappa shape index (κ2) is 5.97. The van der Waals surface area contributed by atoms with Crippen LogP contribution in [-0.2, 0) is 11.3 Å². The number of aliphatic imine (C=N–C) groups is 1. The summed E-state index contributed by atoms with van der Waals surface area (Å²) < 4.78 is 15.1. The number of likely N-dealkylation sites (N-methyl/N-ethyl adjacent to an activating group) is 2. The molecule has 4 rings (SSSR count). The number of urea groups is 1. The highest BCUT2D eigenvalue weighted by Gasteiger charge is 2.55. The van der Waals surface area contributed by atoms with Crippen molar-refractivity contribution in [3.8, 4) is 0 Å². The van der Waals surface area contributed by atoms with Crippen molar-refractivity contribution in [2.75, 3.05) is 14.1 Å². The summed E-state index contributed by atoms with van der Waals surface area (Å²) in [5, 5.41) is 6.31. The van der Waals surface area contributed by atoms with Crippen LogP contribution in [0.4, 0.5) is 9.18 Å². The predicted molar refractivity (Wildman–Crippen MR) is 96.9 cm³/mol. The van der Waals surface area contributed by atoms with Crippen LogP contribution < -0.4 is 0 Å². The first-order valence-corrected chi connectivity index (χ1v) is 8.66. The van der Waals surface area contributed by atoms with Crippen molar-refractivity contribution in [3.63, 3.8) is 0 Å². The van der Waals surface area contributed by atoms with Crippen LogP contribution in [0.1, 0.15) is 19.4 Å². The molecule has 2 atom stereocenters. The van der Waals surface area contributed by atoms with Crippen LogP contribution in [0.5, 0.6) is 0 Å². The molecule has 1 aromatic carbocycles. The Morgan fingerprint density at radius 3 is 2.48 bits per heavy atom. The van der Waals surface area contributed by atoms with Crippen molar-refractivity contribution >= 4 is 29.4 Å². The van der Waals surface area contributed by atoms with Crippen LogP contribution in [0.15, 0.2) is 34.4 Å². The number of imide groups is 1. The van der Waals surface area contributed by atoms with Gasteiger partial charge < -0.3 is 0 Å². The molecule has 0 aromatic heterocycles. The van der Waals surface area contributed by atoms with Crippen LogP contribution >= 0.6 is 0 Å². The molecular weight excluding hydrogens is 351 g/mol. The van der Waals surface area contributed by atoms with E-state index in [9.17, 15) is 14.0 Å². The summed E-state index contributed by atoms with van der Waals surface area (Å²) in [6.07, 6.45) is 0. The lowest BCUT2D eigenvalue weighted by Crippen LogP contribution is -2.63. The van der Waals surface area contributed by atoms with Gasteiger partial charge in [-0.2, -0.15) is 0 Å². The number of carbonyl (C=O) groups is 2. The molecule has 0 spiro atoms. The molecule has 0 bridgehead atoms. The zero-order valence-corrected chi connectivity index (χ0v) is 15.5. The van der Waals surface area contributed by atoms with E-state index in [4.69, 9.17) is 0 Å². The molecule has 140 valence electrons. The first-order valence-electron chi connectivity index (χ1n) is 8.66. The van der Waals surface area contributed by atoms with Crippen LogP contribution in [0, 0.1) is 5.82 Å². The molecule has 1 fully saturated rings. The third kappa shape index (κ3) is 2.53. The van der Waals surface area contributed by atoms with Crippen molar-refractivity contribution in [3.05, 3.63) is 35.6 Å². The third-order valence-electron chi connectivity index (χ3n) is 5.23. The molecule has 0 aliphatic carbocycles. The molecule has 8 nitrogen and oxygen atoms in total. The van der Waals surface area contributed by atoms with Gasteiger partial charge in [0, 0.05) is 14.1 Å². The van der Waals surface area contributed by atoms with Crippen molar-refractivity contribution < 1.29 is 18.6 Å². The van der Waals surface area contributed by atoms with Gasteiger partial charge in [0.15, 0.2) is 0 Å². The van der Waals surface area contributed by atoms with Crippen molar-refractivity contribution in [2.45, 2.75) is 32.5 Å². The molecule has 0 saturated carbocycles. The SMILES string of the molecule is CC1=NN(Cc2ccc(F)cc2)C2=[N+](C1C)C1C(=O)N(C)C(=O)N(C)C1=N2. The van der Waals surface area contributed by atoms with Gasteiger partial charge in [-0.05, 0) is 31.5 Å². The number of amides is 3. The molecule has 1 aromatic rings. The zero-order valence-electron chi connectivity index (χ0n) is 15.5. The van der Waals surface area contributed by atoms with E-state index in [-0.39, 0.29) is 17.8 Å². The molecule has 1 saturated heterocycles. The molecule has 2 unspecified atom stereocenters. The second-order valence-electron chi connectivity index (χ2n) is 6.92. The number of halogens is 1. The van der Waals surface area contributed by atoms with Crippen LogP contribution in [-0.4, -0.2) is 75.0 Å². The number of nitrogens with zero attached hydrogens (tertiary/aromatic N) is 6. The fourth-order valence-corrected chi connectivity index (χ4v) is 3.53. The number of hydrazone groups is 1. The first kappa shape index (κ1) is 17.3. The van der Waals surface area contributed by atoms with E-state index in [2.05, 4.69) is 10.1 Å². The summed E-state index contributed by atoms with van der Waals surface area (Å²) in [6.45, 7) is 4.22. The Morgan fingerprint density at radius 2 is 1.81 bits per heavy atom. The lowest BCUT2D eigenvalue weighted by molar-refractivity contribution is -0.559. The number of fused-ring (bicyclic) bond motifs is 2. The number of amidine groups is 1. The predicted octanol–water partition coefficient (Wildman–Crippen LogP) is 1.08. The highest BCUT2D eigenvalue weighted by molar-refractivity contribution is 6.23. The summed E-state index contributed by atoms with van der Waals surface area (Å²) in [5.41, 5.74) is 1.69. The van der Waals surface area contributed by atoms with Crippen LogP contribution in [0.2, 0.25) is 0 Å². The van der Waals surface area contributed by atoms with E-state index in [0.29, 0.717) is 18.3 Å². The van der Waals surface area contributed by atoms with Gasteiger partial charge in [-0.25, -0.2) is 13.8 Å². The quantitative estimate of drug-likeness (QED) is 0.731. The minimum Gasteiger partial charge on any atom is -0.270 e. The third-order valence-corrected chi connectivity index (χ3v) is 5.23. The number of guanidine groups is 1. The van der Waals surface area contributed by atoms with E-state index in [1.54, 1.807) is 24.2 Å². The smallest absolute Gasteiger partial charge is 0.270 e. The largest absolute Gasteiger partial charge is 0.417 e. The van der Waals surface area contributed by atoms with Crippen molar-refractivity contribution in [1.29, 1.82) is 0 Å². The summed E-state index contributed by atoms with van der Waals surface area (Å²) in [5.74, 6) is 0.302. The second-order valence-corrected chi connectivity index (χ2v) is 6.92. The van der Waals surface area contributed by atoms with Gasteiger partial charge in [-0.1, -0.05) is 17.1 Å². The maximum absolute atomic E-state index is 13.2. The normalized spacial score (nSPS) is 24.9. The average molecular weight is 371 g/mol. The highest BCUT2D eigenvalue weighted by Crippen LogP contribution is 2.25. The number of hydrogen-bond acceptors (Lipinski definition) is 5. The summed E-state index contributed by atoms with van der Waals surface area (Å²) >= 11 is 0. The first-order chi connectivity index (χ1) is 12.8. The Bertz CT molecular complexity index is 936. The van der Waals surface area contributed by atoms with E-state index in [1.165, 1.54) is 24.1 Å². The molecule has 9 heteroatoms. The monoisotopic (exact) mass is 371 g/mol. The zero-order chi connectivity index (χ0) is 19.5. The minimum absolute atomic E-state index is 0.144. The summed E-state index contributed by atoms with van der Waals surface area (Å²) in [6, 6.07) is 4.95. The summed E-state index contributed by atoms with van der Waals surface area (Å²) in [4.78, 5) is 32.2. The maximum Gasteiger partial charge on any atom is 0.417 e. The Kier molecular flexibility index (Phi) is 3.83. The Labute approximate surface area is 155 Å². The van der Waals surface area contributed by atoms with Gasteiger partial charge in [0.05, 0.1) is 5.71 Å². The van der Waals surface area contributed by atoms with Gasteiger partial charge >= 0.3 is 12.0 Å². The Morgan fingerprint density at radius 1 is 1.15 bits per heavy atom. The van der Waals surface area contributed by atoms with E-state index in [1.807, 2.05) is 18.4 Å². The number of hydrogen-bond donors (Lipinski definition) is 0. The van der Waals surface area contributed by atoms with E-state index < -0.39 is 12.1 Å². The van der Waals surface area contributed by atoms with Gasteiger partial charge in [-0.3, -0.25) is 14.6 Å². The fourth-order valence-electron chi connectivity index (χ4n) is 3.53. The van der Waals surface area contributed by atoms with Crippen LogP contribution in [0.3, 0.4) is 0 Å². The van der Waals surface area contributed by atoms with Crippen molar-refractivity contribution in [1.82, 2.24) is 14.8 Å². The highest BCUT2D eigenvalue weighted by atomic mass is 19.1. The van der Waals surface area contributed by atoms with Crippen LogP contribution in [0.25, 0.3) is 0 Å². The van der Waals surface area contributed by atoms with Crippen molar-refractivity contribution in [2.24, 2.45) is 10.1 Å². The lowest BCUT2D eigenvalue weighted by atomic mass is 10.1. The molecule has 0 radical (unpaired) electrons. The van der Waals surface area contributed by atoms with E-state index in [0.717, 1.165) is 16.2 Å². The number of benzene rings is 1. The molecule has 3 aliphatic rings. The number of carbonyl (C=O) groups excluding carboxylic acids is 2. The summed E-state index contributed by atoms with van der Waals surface area (Å²) in [7, 11) is 3.08. The molecular formula is C18H20FN6O2+. The number of rotatable bonds is 2. The molecule has 0 N–H and O–H groups in total. The Balaban J connectivity index is 1.76. The molecule has 3 aliphatic heterocycles. The topological polar surface area (TPSA) is 71.6 Å². The van der Waals surface area contributed by atoms with E-state index >= 15 is 0 Å². The minimum atomic E-state index is -0.663. The van der Waals surface area contributed by atoms with Gasteiger partial charge in [0.1, 0.15) is 18.4 Å².